The van der Waals surface area contributed by atoms with Crippen LogP contribution < -0.4 is 0 Å². The van der Waals surface area contributed by atoms with Crippen LogP contribution in [0.4, 0.5) is 0 Å². The molecule has 0 saturated heterocycles. The average molecular weight is 275 g/mol. The van der Waals surface area contributed by atoms with Crippen molar-refractivity contribution in [2.45, 2.75) is 92.8 Å². The molecule has 17 heavy (non-hydrogen) atoms. The minimum atomic E-state index is -0.802. The van der Waals surface area contributed by atoms with E-state index in [2.05, 4.69) is 0 Å². The molecule has 0 bridgehead atoms. The lowest BCUT2D eigenvalue weighted by atomic mass is 10.3. The van der Waals surface area contributed by atoms with Crippen molar-refractivity contribution in [1.82, 2.24) is 0 Å². The van der Waals surface area contributed by atoms with Crippen molar-refractivity contribution < 1.29 is 0 Å². The zero-order valence-corrected chi connectivity index (χ0v) is 12.6. The molecule has 0 radical (unpaired) electrons. The molecule has 0 aliphatic heterocycles. The van der Waals surface area contributed by atoms with Crippen LogP contribution in [-0.4, -0.2) is 15.7 Å². The summed E-state index contributed by atoms with van der Waals surface area (Å²) in [5, 5.41) is 2.82. The zero-order chi connectivity index (χ0) is 11.7. The lowest BCUT2D eigenvalue weighted by molar-refractivity contribution is 0.791. The number of hydrogen-bond donors (Lipinski definition) is 0. The normalized spacial score (nSPS) is 30.4. The summed E-state index contributed by atoms with van der Waals surface area (Å²) in [6.07, 6.45) is 17.6. The molecule has 0 aromatic carbocycles. The van der Waals surface area contributed by atoms with E-state index < -0.39 is 9.24 Å². The molecule has 3 saturated carbocycles. The molecule has 0 heterocycles. The second-order valence-electron chi connectivity index (χ2n) is 6.39. The second-order valence-corrected chi connectivity index (χ2v) is 11.3. The van der Waals surface area contributed by atoms with E-state index in [0.717, 1.165) is 15.7 Å². The number of rotatable bonds is 3. The van der Waals surface area contributed by atoms with Crippen molar-refractivity contribution in [2.75, 3.05) is 0 Å². The Morgan fingerprint density at radius 3 is 1.00 bits per heavy atom. The van der Waals surface area contributed by atoms with Gasteiger partial charge in [-0.1, -0.05) is 49.2 Å². The quantitative estimate of drug-likeness (QED) is 0.613. The fourth-order valence-electron chi connectivity index (χ4n) is 4.57. The summed E-state index contributed by atoms with van der Waals surface area (Å²) in [5.41, 5.74) is 0. The minimum absolute atomic E-state index is 0.802. The lowest BCUT2D eigenvalue weighted by Crippen LogP contribution is -2.29. The first-order valence-electron chi connectivity index (χ1n) is 7.81. The van der Waals surface area contributed by atoms with Gasteiger partial charge in [-0.3, -0.25) is 0 Å². The van der Waals surface area contributed by atoms with E-state index in [4.69, 9.17) is 10.7 Å². The Morgan fingerprint density at radius 2 is 0.765 bits per heavy atom. The van der Waals surface area contributed by atoms with Crippen LogP contribution in [0.25, 0.3) is 0 Å². The third kappa shape index (κ3) is 2.27. The van der Waals surface area contributed by atoms with Crippen molar-refractivity contribution in [3.63, 3.8) is 0 Å². The van der Waals surface area contributed by atoms with E-state index in [0.29, 0.717) is 0 Å². The van der Waals surface area contributed by atoms with Crippen LogP contribution in [-0.2, 0) is 0 Å². The monoisotopic (exact) mass is 274 g/mol. The molecule has 0 aromatic heterocycles. The molecule has 100 valence electrons. The van der Waals surface area contributed by atoms with Crippen LogP contribution in [0.5, 0.6) is 0 Å². The molecule has 0 nitrogen and oxygen atoms in total. The van der Waals surface area contributed by atoms with Crippen LogP contribution in [0.15, 0.2) is 0 Å². The van der Waals surface area contributed by atoms with Crippen LogP contribution >= 0.6 is 19.9 Å². The van der Waals surface area contributed by atoms with Gasteiger partial charge in [0.1, 0.15) is 0 Å². The molecule has 2 heteroatoms. The maximum atomic E-state index is 7.44. The van der Waals surface area contributed by atoms with E-state index in [1.807, 2.05) is 0 Å². The van der Waals surface area contributed by atoms with E-state index in [1.54, 1.807) is 0 Å². The zero-order valence-electron chi connectivity index (χ0n) is 11.0. The fourth-order valence-corrected chi connectivity index (χ4v) is 11.0. The van der Waals surface area contributed by atoms with Crippen molar-refractivity contribution in [2.24, 2.45) is 0 Å². The maximum Gasteiger partial charge on any atom is 0.00192 e. The van der Waals surface area contributed by atoms with Gasteiger partial charge in [-0.05, 0) is 38.5 Å². The van der Waals surface area contributed by atoms with E-state index >= 15 is 0 Å². The van der Waals surface area contributed by atoms with Gasteiger partial charge in [0.25, 0.3) is 0 Å². The van der Waals surface area contributed by atoms with Gasteiger partial charge >= 0.3 is 0 Å². The Balaban J connectivity index is 1.81. The molecule has 0 unspecified atom stereocenters. The van der Waals surface area contributed by atoms with Crippen molar-refractivity contribution in [1.29, 1.82) is 0 Å². The first-order chi connectivity index (χ1) is 8.32. The van der Waals surface area contributed by atoms with E-state index in [-0.39, 0.29) is 0 Å². The highest BCUT2D eigenvalue weighted by atomic mass is 35.7. The summed E-state index contributed by atoms with van der Waals surface area (Å²) in [7, 11) is 6.64. The van der Waals surface area contributed by atoms with Gasteiger partial charge in [0.05, 0.1) is 0 Å². The van der Waals surface area contributed by atoms with E-state index in [1.165, 1.54) is 77.0 Å². The Hall–Kier alpha value is 0.640. The van der Waals surface area contributed by atoms with Gasteiger partial charge in [0.2, 0.25) is 0 Å². The Morgan fingerprint density at radius 1 is 0.529 bits per heavy atom. The highest BCUT2D eigenvalue weighted by Crippen LogP contribution is 2.73. The minimum Gasteiger partial charge on any atom is -0.154 e. The number of halogens is 1. The van der Waals surface area contributed by atoms with Crippen LogP contribution in [0.3, 0.4) is 0 Å². The maximum absolute atomic E-state index is 7.44. The second kappa shape index (κ2) is 5.33. The highest BCUT2D eigenvalue weighted by Gasteiger charge is 2.46. The summed E-state index contributed by atoms with van der Waals surface area (Å²) in [6.45, 7) is 0. The highest BCUT2D eigenvalue weighted by molar-refractivity contribution is 8.52. The summed E-state index contributed by atoms with van der Waals surface area (Å²) >= 11 is 0. The first kappa shape index (κ1) is 12.7. The molecular weight excluding hydrogens is 248 g/mol. The molecule has 0 atom stereocenters. The van der Waals surface area contributed by atoms with Crippen LogP contribution in [0, 0.1) is 0 Å². The average Bonchev–Trinajstić information content (AvgIpc) is 3.10. The Bertz CT molecular complexity index is 207. The van der Waals surface area contributed by atoms with Gasteiger partial charge in [-0.15, -0.1) is 0 Å². The van der Waals surface area contributed by atoms with Gasteiger partial charge in [0, 0.05) is 15.7 Å². The third-order valence-electron chi connectivity index (χ3n) is 5.44. The van der Waals surface area contributed by atoms with Gasteiger partial charge in [-0.25, -0.2) is 0 Å². The van der Waals surface area contributed by atoms with Crippen molar-refractivity contribution in [3.05, 3.63) is 0 Å². The van der Waals surface area contributed by atoms with Crippen molar-refractivity contribution in [3.8, 4) is 0 Å². The molecule has 3 fully saturated rings. The summed E-state index contributed by atoms with van der Waals surface area (Å²) in [6, 6.07) is 0. The molecule has 0 aromatic rings. The number of hydrogen-bond acceptors (Lipinski definition) is 0. The van der Waals surface area contributed by atoms with Crippen molar-refractivity contribution >= 4 is 19.9 Å². The summed E-state index contributed by atoms with van der Waals surface area (Å²) < 4.78 is 0. The first-order valence-corrected chi connectivity index (χ1v) is 10.5. The standard InChI is InChI=1S/C15H27ClS/c16-17(13-7-1-2-8-13,14-9-3-4-10-14)15-11-5-6-12-15/h13-15H,1-12H2. The molecular formula is C15H27ClS. The van der Waals surface area contributed by atoms with Crippen LogP contribution in [0.2, 0.25) is 0 Å². The van der Waals surface area contributed by atoms with Gasteiger partial charge in [-0.2, -0.15) is 9.24 Å². The predicted molar refractivity (Wildman–Crippen MR) is 80.2 cm³/mol. The van der Waals surface area contributed by atoms with E-state index in [9.17, 15) is 0 Å². The predicted octanol–water partition coefficient (Wildman–Crippen LogP) is 5.77. The molecule has 3 aliphatic rings. The topological polar surface area (TPSA) is 0 Å². The fraction of sp³-hybridized carbons (Fsp3) is 1.00. The molecule has 3 rings (SSSR count). The third-order valence-corrected chi connectivity index (χ3v) is 12.2. The Kier molecular flexibility index (Phi) is 3.97. The van der Waals surface area contributed by atoms with Crippen LogP contribution in [0.1, 0.15) is 77.0 Å². The SMILES string of the molecule is ClS(C1CCCC1)(C1CCCC1)C1CCCC1. The summed E-state index contributed by atoms with van der Waals surface area (Å²) in [5.74, 6) is 0. The molecule has 3 aliphatic carbocycles. The largest absolute Gasteiger partial charge is 0.154 e. The summed E-state index contributed by atoms with van der Waals surface area (Å²) in [4.78, 5) is 0. The van der Waals surface area contributed by atoms with Gasteiger partial charge < -0.3 is 0 Å². The molecule has 0 N–H and O–H groups in total. The molecule has 0 spiro atoms. The van der Waals surface area contributed by atoms with Gasteiger partial charge in [0.15, 0.2) is 0 Å². The Labute approximate surface area is 113 Å². The lowest BCUT2D eigenvalue weighted by Gasteiger charge is -2.49. The molecule has 0 amide bonds. The smallest absolute Gasteiger partial charge is 0.00192 e.